The molecule has 0 aromatic heterocycles. The van der Waals surface area contributed by atoms with Gasteiger partial charge < -0.3 is 9.94 Å². The van der Waals surface area contributed by atoms with Crippen LogP contribution in [0.15, 0.2) is 12.1 Å². The normalized spacial score (nSPS) is 9.80. The lowest BCUT2D eigenvalue weighted by Gasteiger charge is -2.09. The Kier molecular flexibility index (Phi) is 3.06. The Morgan fingerprint density at radius 2 is 1.67 bits per heavy atom. The number of nitrogens with two attached hydrogens (primary N) is 1. The van der Waals surface area contributed by atoms with Crippen LogP contribution in [0.1, 0.15) is 31.8 Å². The van der Waals surface area contributed by atoms with E-state index in [2.05, 4.69) is 4.84 Å². The van der Waals surface area contributed by atoms with Crippen LogP contribution in [0.2, 0.25) is 0 Å². The molecule has 0 aliphatic rings. The van der Waals surface area contributed by atoms with Crippen LogP contribution < -0.4 is 5.90 Å². The second-order valence-corrected chi connectivity index (χ2v) is 3.16. The quantitative estimate of drug-likeness (QED) is 0.710. The van der Waals surface area contributed by atoms with E-state index in [1.807, 2.05) is 0 Å². The number of rotatable bonds is 2. The lowest BCUT2D eigenvalue weighted by molar-refractivity contribution is 0.0492. The highest BCUT2D eigenvalue weighted by atomic mass is 16.7. The van der Waals surface area contributed by atoms with Crippen LogP contribution in [0, 0.1) is 13.8 Å². The lowest BCUT2D eigenvalue weighted by Crippen LogP contribution is -2.17. The molecule has 0 fully saturated rings. The summed E-state index contributed by atoms with van der Waals surface area (Å²) in [5.74, 6) is 2.74. The third-order valence-corrected chi connectivity index (χ3v) is 2.15. The van der Waals surface area contributed by atoms with Gasteiger partial charge in [-0.3, -0.25) is 0 Å². The number of benzene rings is 1. The number of aryl methyl sites for hydroxylation is 2. The molecule has 0 saturated heterocycles. The molecule has 5 nitrogen and oxygen atoms in total. The highest BCUT2D eigenvalue weighted by Gasteiger charge is 2.21. The van der Waals surface area contributed by atoms with E-state index in [4.69, 9.17) is 11.0 Å². The van der Waals surface area contributed by atoms with Gasteiger partial charge in [0.15, 0.2) is 0 Å². The largest absolute Gasteiger partial charge is 0.478 e. The molecule has 0 bridgehead atoms. The lowest BCUT2D eigenvalue weighted by atomic mass is 9.97. The SMILES string of the molecule is Cc1ccc(C)c(C(=O)ON)c1C(=O)O. The number of carbonyl (C=O) groups is 2. The highest BCUT2D eigenvalue weighted by Crippen LogP contribution is 2.19. The summed E-state index contributed by atoms with van der Waals surface area (Å²) in [7, 11) is 0. The standard InChI is InChI=1S/C10H11NO4/c1-5-3-4-6(2)8(10(14)15-11)7(5)9(12)13/h3-4H,11H2,1-2H3,(H,12,13). The molecular formula is C10H11NO4. The molecule has 0 atom stereocenters. The van der Waals surface area contributed by atoms with Crippen molar-refractivity contribution in [1.82, 2.24) is 0 Å². The van der Waals surface area contributed by atoms with Gasteiger partial charge in [-0.2, -0.15) is 5.90 Å². The minimum atomic E-state index is -1.17. The number of carbonyl (C=O) groups excluding carboxylic acids is 1. The van der Waals surface area contributed by atoms with E-state index in [0.29, 0.717) is 11.1 Å². The Bertz CT molecular complexity index is 426. The molecule has 0 unspecified atom stereocenters. The van der Waals surface area contributed by atoms with Crippen LogP contribution in [0.25, 0.3) is 0 Å². The van der Waals surface area contributed by atoms with Crippen LogP contribution in [-0.2, 0) is 4.84 Å². The molecule has 0 spiro atoms. The van der Waals surface area contributed by atoms with Crippen molar-refractivity contribution in [3.8, 4) is 0 Å². The summed E-state index contributed by atoms with van der Waals surface area (Å²) in [5, 5.41) is 8.97. The van der Waals surface area contributed by atoms with Crippen molar-refractivity contribution in [3.05, 3.63) is 34.4 Å². The van der Waals surface area contributed by atoms with Gasteiger partial charge in [0, 0.05) is 0 Å². The van der Waals surface area contributed by atoms with E-state index in [1.54, 1.807) is 26.0 Å². The molecule has 5 heteroatoms. The molecule has 15 heavy (non-hydrogen) atoms. The number of hydrogen-bond acceptors (Lipinski definition) is 4. The van der Waals surface area contributed by atoms with Gasteiger partial charge in [0.2, 0.25) is 0 Å². The van der Waals surface area contributed by atoms with Crippen molar-refractivity contribution in [2.75, 3.05) is 0 Å². The maximum atomic E-state index is 11.3. The first kappa shape index (κ1) is 11.2. The van der Waals surface area contributed by atoms with Crippen molar-refractivity contribution in [3.63, 3.8) is 0 Å². The van der Waals surface area contributed by atoms with Gasteiger partial charge in [-0.05, 0) is 25.0 Å². The minimum absolute atomic E-state index is 0.00463. The van der Waals surface area contributed by atoms with E-state index >= 15 is 0 Å². The smallest absolute Gasteiger partial charge is 0.357 e. The third kappa shape index (κ3) is 1.97. The second kappa shape index (κ2) is 4.10. The zero-order valence-corrected chi connectivity index (χ0v) is 8.40. The molecule has 0 aliphatic carbocycles. The molecule has 3 N–H and O–H groups in total. The number of hydrogen-bond donors (Lipinski definition) is 2. The van der Waals surface area contributed by atoms with Gasteiger partial charge in [-0.15, -0.1) is 0 Å². The summed E-state index contributed by atoms with van der Waals surface area (Å²) in [6, 6.07) is 3.28. The van der Waals surface area contributed by atoms with Gasteiger partial charge in [0.1, 0.15) is 0 Å². The summed E-state index contributed by atoms with van der Waals surface area (Å²) in [6.07, 6.45) is 0. The van der Waals surface area contributed by atoms with Crippen molar-refractivity contribution >= 4 is 11.9 Å². The number of carboxylic acids is 1. The maximum Gasteiger partial charge on any atom is 0.357 e. The molecule has 0 heterocycles. The van der Waals surface area contributed by atoms with E-state index in [-0.39, 0.29) is 11.1 Å². The van der Waals surface area contributed by atoms with E-state index in [0.717, 1.165) is 0 Å². The summed E-state index contributed by atoms with van der Waals surface area (Å²) in [6.45, 7) is 3.23. The molecule has 80 valence electrons. The van der Waals surface area contributed by atoms with Crippen LogP contribution in [-0.4, -0.2) is 17.0 Å². The first-order valence-electron chi connectivity index (χ1n) is 4.23. The Balaban J connectivity index is 3.52. The molecule has 1 rings (SSSR count). The molecule has 0 saturated carbocycles. The van der Waals surface area contributed by atoms with E-state index < -0.39 is 11.9 Å². The number of carboxylic acid groups (broad SMARTS) is 1. The Morgan fingerprint density at radius 3 is 2.07 bits per heavy atom. The predicted octanol–water partition coefficient (Wildman–Crippen LogP) is 1.03. The molecule has 0 amide bonds. The monoisotopic (exact) mass is 209 g/mol. The van der Waals surface area contributed by atoms with Gasteiger partial charge in [-0.25, -0.2) is 9.59 Å². The van der Waals surface area contributed by atoms with Crippen molar-refractivity contribution in [1.29, 1.82) is 0 Å². The fourth-order valence-electron chi connectivity index (χ4n) is 1.41. The second-order valence-electron chi connectivity index (χ2n) is 3.16. The van der Waals surface area contributed by atoms with Crippen molar-refractivity contribution in [2.45, 2.75) is 13.8 Å². The fraction of sp³-hybridized carbons (Fsp3) is 0.200. The molecular weight excluding hydrogens is 198 g/mol. The predicted molar refractivity (Wildman–Crippen MR) is 52.5 cm³/mol. The average Bonchev–Trinajstić information content (AvgIpc) is 2.19. The topological polar surface area (TPSA) is 89.6 Å². The zero-order valence-electron chi connectivity index (χ0n) is 8.40. The molecule has 1 aromatic rings. The average molecular weight is 209 g/mol. The molecule has 1 aromatic carbocycles. The summed E-state index contributed by atoms with van der Waals surface area (Å²) in [4.78, 5) is 26.3. The third-order valence-electron chi connectivity index (χ3n) is 2.15. The highest BCUT2D eigenvalue weighted by molar-refractivity contribution is 6.04. The minimum Gasteiger partial charge on any atom is -0.478 e. The Labute approximate surface area is 86.4 Å². The summed E-state index contributed by atoms with van der Waals surface area (Å²) >= 11 is 0. The van der Waals surface area contributed by atoms with Crippen LogP contribution >= 0.6 is 0 Å². The summed E-state index contributed by atoms with van der Waals surface area (Å²) < 4.78 is 0. The molecule has 0 radical (unpaired) electrons. The first-order chi connectivity index (χ1) is 6.99. The Hall–Kier alpha value is -1.88. The van der Waals surface area contributed by atoms with Gasteiger partial charge in [0.05, 0.1) is 11.1 Å². The summed E-state index contributed by atoms with van der Waals surface area (Å²) in [5.41, 5.74) is 0.956. The van der Waals surface area contributed by atoms with E-state index in [9.17, 15) is 9.59 Å². The maximum absolute atomic E-state index is 11.3. The van der Waals surface area contributed by atoms with Crippen LogP contribution in [0.3, 0.4) is 0 Å². The zero-order chi connectivity index (χ0) is 11.6. The first-order valence-corrected chi connectivity index (χ1v) is 4.23. The molecule has 0 aliphatic heterocycles. The Morgan fingerprint density at radius 1 is 1.20 bits per heavy atom. The van der Waals surface area contributed by atoms with Crippen LogP contribution in [0.4, 0.5) is 0 Å². The van der Waals surface area contributed by atoms with Crippen LogP contribution in [0.5, 0.6) is 0 Å². The van der Waals surface area contributed by atoms with Gasteiger partial charge in [0.25, 0.3) is 0 Å². The van der Waals surface area contributed by atoms with Crippen molar-refractivity contribution < 1.29 is 19.5 Å². The van der Waals surface area contributed by atoms with Gasteiger partial charge in [-0.1, -0.05) is 12.1 Å². The van der Waals surface area contributed by atoms with E-state index in [1.165, 1.54) is 0 Å². The van der Waals surface area contributed by atoms with Gasteiger partial charge >= 0.3 is 11.9 Å². The number of aromatic carboxylic acids is 1. The fourth-order valence-corrected chi connectivity index (χ4v) is 1.41. The van der Waals surface area contributed by atoms with Crippen molar-refractivity contribution in [2.24, 2.45) is 5.90 Å².